The molecule has 0 spiro atoms. The van der Waals surface area contributed by atoms with Gasteiger partial charge in [-0.1, -0.05) is 35.0 Å². The first-order valence-electron chi connectivity index (χ1n) is 7.70. The number of rotatable bonds is 6. The summed E-state index contributed by atoms with van der Waals surface area (Å²) in [7, 11) is 0. The Hall–Kier alpha value is -2.31. The molecule has 3 aromatic rings. The van der Waals surface area contributed by atoms with Gasteiger partial charge in [-0.2, -0.15) is 4.98 Å². The summed E-state index contributed by atoms with van der Waals surface area (Å²) < 4.78 is 5.18. The van der Waals surface area contributed by atoms with Crippen LogP contribution in [0, 0.1) is 0 Å². The molecule has 2 aromatic carbocycles. The van der Waals surface area contributed by atoms with E-state index in [1.807, 2.05) is 49.4 Å². The lowest BCUT2D eigenvalue weighted by atomic mass is 10.2. The lowest BCUT2D eigenvalue weighted by molar-refractivity contribution is -0.120. The van der Waals surface area contributed by atoms with Crippen molar-refractivity contribution in [2.75, 3.05) is 0 Å². The van der Waals surface area contributed by atoms with Crippen LogP contribution in [0.5, 0.6) is 0 Å². The van der Waals surface area contributed by atoms with Crippen LogP contribution >= 0.6 is 23.4 Å². The van der Waals surface area contributed by atoms with Gasteiger partial charge >= 0.3 is 0 Å². The average Bonchev–Trinajstić information content (AvgIpc) is 3.10. The van der Waals surface area contributed by atoms with Gasteiger partial charge in [0.05, 0.1) is 11.8 Å². The Balaban J connectivity index is 1.54. The van der Waals surface area contributed by atoms with Crippen LogP contribution in [0.15, 0.2) is 64.0 Å². The number of carbonyl (C=O) groups excluding carboxylic acids is 1. The van der Waals surface area contributed by atoms with Crippen LogP contribution in [0.4, 0.5) is 0 Å². The molecule has 0 radical (unpaired) electrons. The molecule has 0 fully saturated rings. The normalized spacial score (nSPS) is 11.9. The van der Waals surface area contributed by atoms with Crippen molar-refractivity contribution in [3.63, 3.8) is 0 Å². The second-order valence-electron chi connectivity index (χ2n) is 5.31. The highest BCUT2D eigenvalue weighted by molar-refractivity contribution is 8.00. The van der Waals surface area contributed by atoms with Crippen LogP contribution in [0.3, 0.4) is 0 Å². The van der Waals surface area contributed by atoms with Gasteiger partial charge in [0.1, 0.15) is 0 Å². The molecule has 3 rings (SSSR count). The number of benzene rings is 2. The molecule has 0 aliphatic rings. The maximum absolute atomic E-state index is 12.2. The molecule has 1 unspecified atom stereocenters. The highest BCUT2D eigenvalue weighted by Crippen LogP contribution is 2.23. The lowest BCUT2D eigenvalue weighted by Crippen LogP contribution is -2.30. The maximum atomic E-state index is 12.2. The zero-order valence-electron chi connectivity index (χ0n) is 13.5. The minimum absolute atomic E-state index is 0.0832. The summed E-state index contributed by atoms with van der Waals surface area (Å²) in [5.74, 6) is 0.739. The number of hydrogen-bond acceptors (Lipinski definition) is 5. The van der Waals surface area contributed by atoms with Crippen molar-refractivity contribution < 1.29 is 9.32 Å². The molecule has 0 saturated carbocycles. The van der Waals surface area contributed by atoms with E-state index in [1.165, 1.54) is 11.8 Å². The smallest absolute Gasteiger partial charge is 0.246 e. The maximum Gasteiger partial charge on any atom is 0.246 e. The van der Waals surface area contributed by atoms with Gasteiger partial charge < -0.3 is 9.84 Å². The summed E-state index contributed by atoms with van der Waals surface area (Å²) >= 11 is 7.36. The van der Waals surface area contributed by atoms with Crippen LogP contribution in [0.2, 0.25) is 5.02 Å². The van der Waals surface area contributed by atoms with E-state index in [-0.39, 0.29) is 17.7 Å². The van der Waals surface area contributed by atoms with Crippen molar-refractivity contribution in [1.29, 1.82) is 0 Å². The first-order valence-corrected chi connectivity index (χ1v) is 8.95. The Bertz CT molecular complexity index is 837. The minimum atomic E-state index is -0.221. The molecule has 0 aliphatic carbocycles. The molecular formula is C18H16ClN3O2S. The molecule has 1 heterocycles. The quantitative estimate of drug-likeness (QED) is 0.656. The Morgan fingerprint density at radius 3 is 2.64 bits per heavy atom. The molecule has 5 nitrogen and oxygen atoms in total. The Morgan fingerprint density at radius 1 is 1.20 bits per heavy atom. The van der Waals surface area contributed by atoms with Crippen molar-refractivity contribution in [2.24, 2.45) is 0 Å². The minimum Gasteiger partial charge on any atom is -0.346 e. The van der Waals surface area contributed by atoms with E-state index < -0.39 is 0 Å². The molecule has 0 bridgehead atoms. The van der Waals surface area contributed by atoms with Crippen molar-refractivity contribution in [3.8, 4) is 11.4 Å². The topological polar surface area (TPSA) is 68.0 Å². The predicted octanol–water partition coefficient (Wildman–Crippen LogP) is 4.19. The molecule has 7 heteroatoms. The van der Waals surface area contributed by atoms with E-state index in [2.05, 4.69) is 15.5 Å². The van der Waals surface area contributed by atoms with Gasteiger partial charge in [0.15, 0.2) is 0 Å². The third-order valence-electron chi connectivity index (χ3n) is 3.41. The highest BCUT2D eigenvalue weighted by Gasteiger charge is 2.16. The molecule has 0 saturated heterocycles. The number of thioether (sulfide) groups is 1. The fraction of sp³-hybridized carbons (Fsp3) is 0.167. The molecular weight excluding hydrogens is 358 g/mol. The third kappa shape index (κ3) is 4.84. The standard InChI is InChI=1S/C18H16ClN3O2S/c1-12(25-15-5-3-2-4-6-15)18(23)20-11-16-21-17(22-24-16)13-7-9-14(19)10-8-13/h2-10,12H,11H2,1H3,(H,20,23). The Kier molecular flexibility index (Phi) is 5.73. The van der Waals surface area contributed by atoms with E-state index in [4.69, 9.17) is 16.1 Å². The zero-order valence-corrected chi connectivity index (χ0v) is 15.1. The fourth-order valence-corrected chi connectivity index (χ4v) is 3.14. The van der Waals surface area contributed by atoms with Crippen LogP contribution < -0.4 is 5.32 Å². The number of aromatic nitrogens is 2. The zero-order chi connectivity index (χ0) is 17.6. The summed E-state index contributed by atoms with van der Waals surface area (Å²) in [6.07, 6.45) is 0. The number of hydrogen-bond donors (Lipinski definition) is 1. The van der Waals surface area contributed by atoms with Gasteiger partial charge in [-0.25, -0.2) is 0 Å². The van der Waals surface area contributed by atoms with Crippen molar-refractivity contribution in [3.05, 3.63) is 65.5 Å². The first-order chi connectivity index (χ1) is 12.1. The van der Waals surface area contributed by atoms with E-state index in [9.17, 15) is 4.79 Å². The molecule has 1 N–H and O–H groups in total. The van der Waals surface area contributed by atoms with E-state index in [0.29, 0.717) is 16.7 Å². The molecule has 1 aromatic heterocycles. The molecule has 1 amide bonds. The van der Waals surface area contributed by atoms with Crippen molar-refractivity contribution in [2.45, 2.75) is 23.6 Å². The van der Waals surface area contributed by atoms with Gasteiger partial charge in [-0.05, 0) is 43.3 Å². The fourth-order valence-electron chi connectivity index (χ4n) is 2.11. The molecule has 1 atom stereocenters. The van der Waals surface area contributed by atoms with Crippen LogP contribution in [0.25, 0.3) is 11.4 Å². The van der Waals surface area contributed by atoms with Crippen LogP contribution in [0.1, 0.15) is 12.8 Å². The Morgan fingerprint density at radius 2 is 1.92 bits per heavy atom. The monoisotopic (exact) mass is 373 g/mol. The second-order valence-corrected chi connectivity index (χ2v) is 7.16. The van der Waals surface area contributed by atoms with Gasteiger partial charge in [0.2, 0.25) is 17.6 Å². The number of nitrogens with one attached hydrogen (secondary N) is 1. The number of carbonyl (C=O) groups is 1. The number of amides is 1. The predicted molar refractivity (Wildman–Crippen MR) is 98.4 cm³/mol. The number of halogens is 1. The summed E-state index contributed by atoms with van der Waals surface area (Å²) in [5, 5.41) is 7.16. The van der Waals surface area contributed by atoms with E-state index >= 15 is 0 Å². The van der Waals surface area contributed by atoms with Crippen molar-refractivity contribution >= 4 is 29.3 Å². The van der Waals surface area contributed by atoms with Crippen LogP contribution in [-0.2, 0) is 11.3 Å². The second kappa shape index (κ2) is 8.18. The van der Waals surface area contributed by atoms with E-state index in [0.717, 1.165) is 10.5 Å². The summed E-state index contributed by atoms with van der Waals surface area (Å²) in [4.78, 5) is 17.5. The molecule has 128 valence electrons. The lowest BCUT2D eigenvalue weighted by Gasteiger charge is -2.10. The average molecular weight is 374 g/mol. The van der Waals surface area contributed by atoms with Crippen molar-refractivity contribution in [1.82, 2.24) is 15.5 Å². The summed E-state index contributed by atoms with van der Waals surface area (Å²) in [6.45, 7) is 2.05. The van der Waals surface area contributed by atoms with Crippen LogP contribution in [-0.4, -0.2) is 21.3 Å². The van der Waals surface area contributed by atoms with Gasteiger partial charge in [0, 0.05) is 15.5 Å². The van der Waals surface area contributed by atoms with E-state index in [1.54, 1.807) is 12.1 Å². The third-order valence-corrected chi connectivity index (χ3v) is 4.77. The van der Waals surface area contributed by atoms with Gasteiger partial charge in [-0.15, -0.1) is 11.8 Å². The molecule has 25 heavy (non-hydrogen) atoms. The summed E-state index contributed by atoms with van der Waals surface area (Å²) in [6, 6.07) is 16.9. The largest absolute Gasteiger partial charge is 0.346 e. The SMILES string of the molecule is CC(Sc1ccccc1)C(=O)NCc1nc(-c2ccc(Cl)cc2)no1. The highest BCUT2D eigenvalue weighted by atomic mass is 35.5. The first kappa shape index (κ1) is 17.5. The molecule has 0 aliphatic heterocycles. The summed E-state index contributed by atoms with van der Waals surface area (Å²) in [5.41, 5.74) is 0.804. The van der Waals surface area contributed by atoms with Gasteiger partial charge in [0.25, 0.3) is 0 Å². The Labute approximate surface area is 154 Å². The number of nitrogens with zero attached hydrogens (tertiary/aromatic N) is 2. The van der Waals surface area contributed by atoms with Gasteiger partial charge in [-0.3, -0.25) is 4.79 Å².